The number of nitro benzene ring substituents is 1. The first-order valence-corrected chi connectivity index (χ1v) is 9.91. The lowest BCUT2D eigenvalue weighted by Gasteiger charge is -2.34. The van der Waals surface area contributed by atoms with Gasteiger partial charge in [0.15, 0.2) is 0 Å². The van der Waals surface area contributed by atoms with Crippen LogP contribution in [0.4, 0.5) is 5.69 Å². The fraction of sp³-hybridized carbons (Fsp3) is 0.235. The Labute approximate surface area is 161 Å². The third-order valence-corrected chi connectivity index (χ3v) is 6.47. The monoisotopic (exact) mass is 409 g/mol. The molecule has 3 rings (SSSR count). The summed E-state index contributed by atoms with van der Waals surface area (Å²) < 4.78 is 26.6. The molecule has 10 heteroatoms. The standard InChI is InChI=1S/C17H16ClN3O5S/c18-13-5-7-14(8-6-13)27(25,26)20-11-9-19(10-12-20)17(22)15-3-1-2-4-16(15)21(23)24/h1-8H,9-12H2. The average Bonchev–Trinajstić information content (AvgIpc) is 2.68. The van der Waals surface area contributed by atoms with E-state index in [2.05, 4.69) is 0 Å². The smallest absolute Gasteiger partial charge is 0.282 e. The molecule has 0 saturated carbocycles. The second-order valence-electron chi connectivity index (χ2n) is 5.92. The number of amides is 1. The maximum absolute atomic E-state index is 12.7. The number of piperazine rings is 1. The van der Waals surface area contributed by atoms with Crippen molar-refractivity contribution in [3.63, 3.8) is 0 Å². The largest absolute Gasteiger partial charge is 0.336 e. The summed E-state index contributed by atoms with van der Waals surface area (Å²) in [4.78, 5) is 24.7. The third-order valence-electron chi connectivity index (χ3n) is 4.31. The van der Waals surface area contributed by atoms with Crippen LogP contribution in [0.15, 0.2) is 53.4 Å². The van der Waals surface area contributed by atoms with Gasteiger partial charge in [-0.1, -0.05) is 23.7 Å². The van der Waals surface area contributed by atoms with Gasteiger partial charge in [-0.15, -0.1) is 0 Å². The van der Waals surface area contributed by atoms with Crippen LogP contribution in [0.25, 0.3) is 0 Å². The maximum atomic E-state index is 12.7. The van der Waals surface area contributed by atoms with Gasteiger partial charge in [-0.3, -0.25) is 14.9 Å². The molecule has 1 amide bonds. The summed E-state index contributed by atoms with van der Waals surface area (Å²) in [6.07, 6.45) is 0. The highest BCUT2D eigenvalue weighted by Crippen LogP contribution is 2.23. The molecular formula is C17H16ClN3O5S. The summed E-state index contributed by atoms with van der Waals surface area (Å²) in [5.74, 6) is -0.481. The van der Waals surface area contributed by atoms with Crippen molar-refractivity contribution in [1.29, 1.82) is 0 Å². The first-order chi connectivity index (χ1) is 12.8. The van der Waals surface area contributed by atoms with E-state index in [0.29, 0.717) is 5.02 Å². The summed E-state index contributed by atoms with van der Waals surface area (Å²) in [5, 5.41) is 11.5. The summed E-state index contributed by atoms with van der Waals surface area (Å²) in [6, 6.07) is 11.6. The van der Waals surface area contributed by atoms with Crippen molar-refractivity contribution >= 4 is 33.2 Å². The molecular weight excluding hydrogens is 394 g/mol. The van der Waals surface area contributed by atoms with E-state index in [1.54, 1.807) is 6.07 Å². The second-order valence-corrected chi connectivity index (χ2v) is 8.30. The molecule has 2 aromatic rings. The number of carbonyl (C=O) groups excluding carboxylic acids is 1. The highest BCUT2D eigenvalue weighted by Gasteiger charge is 2.32. The van der Waals surface area contributed by atoms with Gasteiger partial charge in [0.2, 0.25) is 10.0 Å². The Morgan fingerprint density at radius 3 is 2.19 bits per heavy atom. The molecule has 0 spiro atoms. The van der Waals surface area contributed by atoms with E-state index in [9.17, 15) is 23.3 Å². The van der Waals surface area contributed by atoms with Crippen LogP contribution in [0.1, 0.15) is 10.4 Å². The van der Waals surface area contributed by atoms with Crippen LogP contribution in [0.3, 0.4) is 0 Å². The number of rotatable bonds is 4. The molecule has 1 aliphatic heterocycles. The van der Waals surface area contributed by atoms with Gasteiger partial charge in [-0.25, -0.2) is 8.42 Å². The maximum Gasteiger partial charge on any atom is 0.282 e. The van der Waals surface area contributed by atoms with Crippen molar-refractivity contribution in [1.82, 2.24) is 9.21 Å². The van der Waals surface area contributed by atoms with Crippen molar-refractivity contribution in [3.8, 4) is 0 Å². The minimum atomic E-state index is -3.69. The molecule has 27 heavy (non-hydrogen) atoms. The van der Waals surface area contributed by atoms with Crippen LogP contribution in [0.5, 0.6) is 0 Å². The first kappa shape index (κ1) is 19.3. The average molecular weight is 410 g/mol. The lowest BCUT2D eigenvalue weighted by molar-refractivity contribution is -0.385. The molecule has 0 atom stereocenters. The zero-order chi connectivity index (χ0) is 19.6. The number of sulfonamides is 1. The van der Waals surface area contributed by atoms with E-state index >= 15 is 0 Å². The molecule has 0 bridgehead atoms. The molecule has 0 unspecified atom stereocenters. The number of halogens is 1. The Balaban J connectivity index is 1.73. The Hall–Kier alpha value is -2.49. The predicted octanol–water partition coefficient (Wildman–Crippen LogP) is 2.39. The highest BCUT2D eigenvalue weighted by atomic mass is 35.5. The molecule has 0 N–H and O–H groups in total. The Morgan fingerprint density at radius 1 is 1.00 bits per heavy atom. The minimum Gasteiger partial charge on any atom is -0.336 e. The van der Waals surface area contributed by atoms with E-state index < -0.39 is 20.9 Å². The Morgan fingerprint density at radius 2 is 1.59 bits per heavy atom. The van der Waals surface area contributed by atoms with Crippen molar-refractivity contribution in [2.24, 2.45) is 0 Å². The van der Waals surface area contributed by atoms with Gasteiger partial charge < -0.3 is 4.90 Å². The first-order valence-electron chi connectivity index (χ1n) is 8.09. The number of benzene rings is 2. The number of carbonyl (C=O) groups is 1. The molecule has 142 valence electrons. The zero-order valence-corrected chi connectivity index (χ0v) is 15.7. The topological polar surface area (TPSA) is 101 Å². The van der Waals surface area contributed by atoms with E-state index in [1.165, 1.54) is 51.7 Å². The number of hydrogen-bond acceptors (Lipinski definition) is 5. The van der Waals surface area contributed by atoms with Crippen LogP contribution in [0.2, 0.25) is 5.02 Å². The second kappa shape index (κ2) is 7.63. The SMILES string of the molecule is O=C(c1ccccc1[N+](=O)[O-])N1CCN(S(=O)(=O)c2ccc(Cl)cc2)CC1. The van der Waals surface area contributed by atoms with Crippen molar-refractivity contribution in [2.45, 2.75) is 4.90 Å². The normalized spacial score (nSPS) is 15.5. The van der Waals surface area contributed by atoms with Gasteiger partial charge in [-0.2, -0.15) is 4.31 Å². The van der Waals surface area contributed by atoms with Crippen molar-refractivity contribution in [2.75, 3.05) is 26.2 Å². The molecule has 8 nitrogen and oxygen atoms in total. The number of nitro groups is 1. The minimum absolute atomic E-state index is 0.00323. The quantitative estimate of drug-likeness (QED) is 0.570. The fourth-order valence-corrected chi connectivity index (χ4v) is 4.42. The van der Waals surface area contributed by atoms with Crippen LogP contribution in [-0.4, -0.2) is 54.6 Å². The number of nitrogens with zero attached hydrogens (tertiary/aromatic N) is 3. The van der Waals surface area contributed by atoms with Gasteiger partial charge in [0.05, 0.1) is 9.82 Å². The van der Waals surface area contributed by atoms with Crippen LogP contribution in [0, 0.1) is 10.1 Å². The van der Waals surface area contributed by atoms with Crippen LogP contribution < -0.4 is 0 Å². The van der Waals surface area contributed by atoms with Gasteiger partial charge in [0.25, 0.3) is 11.6 Å². The van der Waals surface area contributed by atoms with Crippen molar-refractivity contribution in [3.05, 3.63) is 69.2 Å². The highest BCUT2D eigenvalue weighted by molar-refractivity contribution is 7.89. The summed E-state index contributed by atoms with van der Waals surface area (Å²) in [6.45, 7) is 0.518. The predicted molar refractivity (Wildman–Crippen MR) is 99.2 cm³/mol. The van der Waals surface area contributed by atoms with Gasteiger partial charge in [0.1, 0.15) is 5.56 Å². The Kier molecular flexibility index (Phi) is 5.45. The molecule has 0 radical (unpaired) electrons. The van der Waals surface area contributed by atoms with Gasteiger partial charge in [0, 0.05) is 37.3 Å². The molecule has 0 aromatic heterocycles. The molecule has 1 heterocycles. The number of para-hydroxylation sites is 1. The molecule has 2 aromatic carbocycles. The lowest BCUT2D eigenvalue weighted by Crippen LogP contribution is -2.50. The van der Waals surface area contributed by atoms with Gasteiger partial charge in [-0.05, 0) is 30.3 Å². The number of hydrogen-bond donors (Lipinski definition) is 0. The summed E-state index contributed by atoms with van der Waals surface area (Å²) >= 11 is 5.79. The lowest BCUT2D eigenvalue weighted by atomic mass is 10.1. The molecule has 1 fully saturated rings. The van der Waals surface area contributed by atoms with Crippen molar-refractivity contribution < 1.29 is 18.1 Å². The third kappa shape index (κ3) is 3.95. The van der Waals surface area contributed by atoms with E-state index in [0.717, 1.165) is 0 Å². The van der Waals surface area contributed by atoms with Crippen LogP contribution >= 0.6 is 11.6 Å². The summed E-state index contributed by atoms with van der Waals surface area (Å²) in [7, 11) is -3.69. The zero-order valence-electron chi connectivity index (χ0n) is 14.1. The van der Waals surface area contributed by atoms with Gasteiger partial charge >= 0.3 is 0 Å². The fourth-order valence-electron chi connectivity index (χ4n) is 2.87. The Bertz CT molecular complexity index is 970. The molecule has 1 aliphatic rings. The van der Waals surface area contributed by atoms with E-state index in [1.807, 2.05) is 0 Å². The van der Waals surface area contributed by atoms with E-state index in [-0.39, 0.29) is 42.3 Å². The molecule has 0 aliphatic carbocycles. The summed E-state index contributed by atoms with van der Waals surface area (Å²) in [5.41, 5.74) is -0.268. The molecule has 1 saturated heterocycles. The van der Waals surface area contributed by atoms with Crippen LogP contribution in [-0.2, 0) is 10.0 Å². The van der Waals surface area contributed by atoms with E-state index in [4.69, 9.17) is 11.6 Å².